The minimum absolute atomic E-state index is 0.0225. The van der Waals surface area contributed by atoms with Crippen LogP contribution in [0.5, 0.6) is 0 Å². The van der Waals surface area contributed by atoms with E-state index in [4.69, 9.17) is 0 Å². The van der Waals surface area contributed by atoms with Gasteiger partial charge in [0.15, 0.2) is 6.17 Å². The van der Waals surface area contributed by atoms with E-state index in [-0.39, 0.29) is 5.92 Å². The zero-order valence-electron chi connectivity index (χ0n) is 11.4. The van der Waals surface area contributed by atoms with Crippen LogP contribution in [0.2, 0.25) is 0 Å². The smallest absolute Gasteiger partial charge is 0.239 e. The van der Waals surface area contributed by atoms with Gasteiger partial charge in [-0.05, 0) is 50.4 Å². The molecule has 0 nitrogen and oxygen atoms in total. The van der Waals surface area contributed by atoms with E-state index < -0.39 is 21.8 Å². The molecule has 4 saturated carbocycles. The third kappa shape index (κ3) is 1.84. The molecule has 1 unspecified atom stereocenters. The number of halogens is 4. The van der Waals surface area contributed by atoms with Crippen molar-refractivity contribution in [3.05, 3.63) is 0 Å². The molecule has 0 aliphatic heterocycles. The molecule has 0 radical (unpaired) electrons. The Morgan fingerprint density at radius 3 is 2.00 bits per heavy atom. The fourth-order valence-corrected chi connectivity index (χ4v) is 5.45. The van der Waals surface area contributed by atoms with E-state index >= 15 is 0 Å². The standard InChI is InChI=1S/C15H22BrF3/c1-10-2-4-11(5-3-10)13-6-8-14(16,9-7-13)12(17)15(13,18)19/h10-12H,2-9H2,1H3. The normalized spacial score (nSPS) is 53.2. The Kier molecular flexibility index (Phi) is 3.28. The van der Waals surface area contributed by atoms with Gasteiger partial charge >= 0.3 is 0 Å². The molecule has 4 aliphatic rings. The highest BCUT2D eigenvalue weighted by Crippen LogP contribution is 2.68. The van der Waals surface area contributed by atoms with E-state index in [0.717, 1.165) is 25.7 Å². The molecule has 0 amide bonds. The summed E-state index contributed by atoms with van der Waals surface area (Å²) in [5.74, 6) is -2.49. The lowest BCUT2D eigenvalue weighted by Gasteiger charge is -2.60. The predicted molar refractivity (Wildman–Crippen MR) is 73.5 cm³/mol. The van der Waals surface area contributed by atoms with Crippen molar-refractivity contribution in [3.8, 4) is 0 Å². The molecule has 4 fully saturated rings. The van der Waals surface area contributed by atoms with E-state index in [1.54, 1.807) is 0 Å². The molecule has 0 spiro atoms. The van der Waals surface area contributed by atoms with Crippen LogP contribution in [0.15, 0.2) is 0 Å². The van der Waals surface area contributed by atoms with Crippen LogP contribution in [0.1, 0.15) is 58.3 Å². The summed E-state index contributed by atoms with van der Waals surface area (Å²) >= 11 is 3.28. The minimum atomic E-state index is -3.15. The fraction of sp³-hybridized carbons (Fsp3) is 1.00. The molecule has 0 aromatic rings. The van der Waals surface area contributed by atoms with Gasteiger partial charge in [-0.25, -0.2) is 13.2 Å². The molecule has 0 saturated heterocycles. The molecule has 110 valence electrons. The van der Waals surface area contributed by atoms with Crippen LogP contribution < -0.4 is 0 Å². The average molecular weight is 339 g/mol. The Morgan fingerprint density at radius 2 is 1.47 bits per heavy atom. The van der Waals surface area contributed by atoms with Crippen molar-refractivity contribution >= 4 is 15.9 Å². The van der Waals surface area contributed by atoms with Gasteiger partial charge in [0.25, 0.3) is 5.92 Å². The first kappa shape index (κ1) is 14.2. The Labute approximate surface area is 121 Å². The van der Waals surface area contributed by atoms with E-state index in [2.05, 4.69) is 22.9 Å². The molecule has 4 heteroatoms. The van der Waals surface area contributed by atoms with Crippen LogP contribution in [-0.2, 0) is 0 Å². The molecular formula is C15H22BrF3. The summed E-state index contributed by atoms with van der Waals surface area (Å²) < 4.78 is 42.7. The second-order valence-electron chi connectivity index (χ2n) is 7.13. The van der Waals surface area contributed by atoms with Gasteiger partial charge in [-0.3, -0.25) is 0 Å². The summed E-state index contributed by atoms with van der Waals surface area (Å²) in [6.45, 7) is 2.19. The first-order valence-corrected chi connectivity index (χ1v) is 8.32. The van der Waals surface area contributed by atoms with Gasteiger partial charge in [0.2, 0.25) is 0 Å². The van der Waals surface area contributed by atoms with Gasteiger partial charge in [-0.15, -0.1) is 0 Å². The molecule has 0 aromatic heterocycles. The quantitative estimate of drug-likeness (QED) is 0.554. The highest BCUT2D eigenvalue weighted by atomic mass is 79.9. The average Bonchev–Trinajstić information content (AvgIpc) is 2.38. The number of fused-ring (bicyclic) bond motifs is 3. The van der Waals surface area contributed by atoms with E-state index in [9.17, 15) is 13.2 Å². The summed E-state index contributed by atoms with van der Waals surface area (Å²) in [6.07, 6.45) is 3.87. The molecule has 2 bridgehead atoms. The lowest BCUT2D eigenvalue weighted by Crippen LogP contribution is -2.67. The van der Waals surface area contributed by atoms with E-state index in [0.29, 0.717) is 31.6 Å². The Balaban J connectivity index is 1.90. The number of alkyl halides is 4. The zero-order chi connectivity index (χ0) is 13.9. The Bertz CT molecular complexity index is 352. The van der Waals surface area contributed by atoms with Gasteiger partial charge < -0.3 is 0 Å². The highest BCUT2D eigenvalue weighted by Gasteiger charge is 2.72. The van der Waals surface area contributed by atoms with Crippen molar-refractivity contribution in [3.63, 3.8) is 0 Å². The lowest BCUT2D eigenvalue weighted by atomic mass is 9.50. The van der Waals surface area contributed by atoms with Gasteiger partial charge in [0.05, 0.1) is 4.32 Å². The number of hydrogen-bond acceptors (Lipinski definition) is 0. The van der Waals surface area contributed by atoms with Crippen LogP contribution >= 0.6 is 15.9 Å². The number of rotatable bonds is 1. The fourth-order valence-electron chi connectivity index (χ4n) is 4.77. The van der Waals surface area contributed by atoms with Crippen molar-refractivity contribution in [1.82, 2.24) is 0 Å². The largest absolute Gasteiger partial charge is 0.285 e. The minimum Gasteiger partial charge on any atom is -0.239 e. The van der Waals surface area contributed by atoms with Gasteiger partial charge in [-0.1, -0.05) is 35.7 Å². The third-order valence-corrected chi connectivity index (χ3v) is 7.40. The van der Waals surface area contributed by atoms with Crippen molar-refractivity contribution in [1.29, 1.82) is 0 Å². The summed E-state index contributed by atoms with van der Waals surface area (Å²) in [6, 6.07) is 0. The number of hydrogen-bond donors (Lipinski definition) is 0. The molecule has 0 N–H and O–H groups in total. The molecule has 1 atom stereocenters. The predicted octanol–water partition coefficient (Wildman–Crippen LogP) is 5.49. The Morgan fingerprint density at radius 1 is 0.947 bits per heavy atom. The summed E-state index contributed by atoms with van der Waals surface area (Å²) in [5, 5.41) is 0. The van der Waals surface area contributed by atoms with Crippen molar-refractivity contribution in [2.24, 2.45) is 17.3 Å². The lowest BCUT2D eigenvalue weighted by molar-refractivity contribution is -0.253. The van der Waals surface area contributed by atoms with Crippen LogP contribution in [0.4, 0.5) is 13.2 Å². The summed E-state index contributed by atoms with van der Waals surface area (Å²) in [5.41, 5.74) is -1.05. The molecule has 0 aromatic carbocycles. The molecule has 0 heterocycles. The second-order valence-corrected chi connectivity index (χ2v) is 8.71. The van der Waals surface area contributed by atoms with Gasteiger partial charge in [-0.2, -0.15) is 0 Å². The summed E-state index contributed by atoms with van der Waals surface area (Å²) in [7, 11) is 0. The monoisotopic (exact) mass is 338 g/mol. The van der Waals surface area contributed by atoms with Gasteiger partial charge in [0.1, 0.15) is 0 Å². The maximum Gasteiger partial charge on any atom is 0.285 e. The van der Waals surface area contributed by atoms with Crippen molar-refractivity contribution < 1.29 is 13.2 Å². The van der Waals surface area contributed by atoms with E-state index in [1.807, 2.05) is 0 Å². The van der Waals surface area contributed by atoms with Crippen LogP contribution in [0.25, 0.3) is 0 Å². The van der Waals surface area contributed by atoms with Gasteiger partial charge in [0, 0.05) is 5.41 Å². The first-order valence-electron chi connectivity index (χ1n) is 7.53. The van der Waals surface area contributed by atoms with Crippen LogP contribution in [0.3, 0.4) is 0 Å². The van der Waals surface area contributed by atoms with Crippen LogP contribution in [-0.4, -0.2) is 16.4 Å². The summed E-state index contributed by atoms with van der Waals surface area (Å²) in [4.78, 5) is 0. The zero-order valence-corrected chi connectivity index (χ0v) is 13.0. The SMILES string of the molecule is CC1CCC(C23CCC(Br)(CC2)C(F)C3(F)F)CC1. The first-order chi connectivity index (χ1) is 8.82. The Hall–Kier alpha value is 0.270. The highest BCUT2D eigenvalue weighted by molar-refractivity contribution is 9.10. The molecule has 19 heavy (non-hydrogen) atoms. The third-order valence-electron chi connectivity index (χ3n) is 6.21. The topological polar surface area (TPSA) is 0 Å². The molecular weight excluding hydrogens is 317 g/mol. The van der Waals surface area contributed by atoms with Crippen LogP contribution in [0, 0.1) is 17.3 Å². The molecule has 4 rings (SSSR count). The van der Waals surface area contributed by atoms with Crippen molar-refractivity contribution in [2.45, 2.75) is 74.7 Å². The van der Waals surface area contributed by atoms with Crippen molar-refractivity contribution in [2.75, 3.05) is 0 Å². The maximum atomic E-state index is 14.7. The molecule has 4 aliphatic carbocycles. The van der Waals surface area contributed by atoms with E-state index in [1.165, 1.54) is 0 Å². The second kappa shape index (κ2) is 4.38. The maximum absolute atomic E-state index is 14.7.